The number of ether oxygens (including phenoxy) is 2. The van der Waals surface area contributed by atoms with E-state index in [9.17, 15) is 14.7 Å². The fraction of sp³-hybridized carbons (Fsp3) is 0.222. The number of benzene rings is 1. The highest BCUT2D eigenvalue weighted by molar-refractivity contribution is 6.32. The summed E-state index contributed by atoms with van der Waals surface area (Å²) in [6.45, 7) is 3.73. The van der Waals surface area contributed by atoms with Crippen LogP contribution < -0.4 is 15.1 Å². The summed E-state index contributed by atoms with van der Waals surface area (Å²) in [4.78, 5) is 23.9. The molecule has 0 aliphatic carbocycles. The van der Waals surface area contributed by atoms with E-state index < -0.39 is 22.7 Å². The Morgan fingerprint density at radius 2 is 2.08 bits per heavy atom. The molecule has 0 aliphatic rings. The van der Waals surface area contributed by atoms with Crippen LogP contribution in [0.25, 0.3) is 6.08 Å². The number of rotatable bonds is 6. The summed E-state index contributed by atoms with van der Waals surface area (Å²) in [5.41, 5.74) is -0.750. The van der Waals surface area contributed by atoms with E-state index in [-0.39, 0.29) is 5.76 Å². The smallest absolute Gasteiger partial charge is 0.351 e. The van der Waals surface area contributed by atoms with Crippen molar-refractivity contribution in [2.24, 2.45) is 0 Å². The van der Waals surface area contributed by atoms with Gasteiger partial charge in [-0.15, -0.1) is 0 Å². The Morgan fingerprint density at radius 1 is 1.36 bits per heavy atom. The number of methoxy groups -OCH3 is 1. The predicted molar refractivity (Wildman–Crippen MR) is 93.9 cm³/mol. The average Bonchev–Trinajstić information content (AvgIpc) is 2.52. The Labute approximate surface area is 149 Å². The summed E-state index contributed by atoms with van der Waals surface area (Å²) < 4.78 is 15.5. The highest BCUT2D eigenvalue weighted by atomic mass is 35.5. The van der Waals surface area contributed by atoms with Crippen molar-refractivity contribution >= 4 is 23.5 Å². The first kappa shape index (κ1) is 18.6. The lowest BCUT2D eigenvalue weighted by Crippen LogP contribution is -2.12. The molecule has 2 rings (SSSR count). The van der Waals surface area contributed by atoms with Crippen molar-refractivity contribution in [3.8, 4) is 17.2 Å². The zero-order valence-corrected chi connectivity index (χ0v) is 14.7. The molecule has 0 aliphatic heterocycles. The van der Waals surface area contributed by atoms with Gasteiger partial charge in [-0.25, -0.2) is 4.79 Å². The van der Waals surface area contributed by atoms with Crippen molar-refractivity contribution in [1.29, 1.82) is 0 Å². The van der Waals surface area contributed by atoms with Crippen molar-refractivity contribution in [3.05, 3.63) is 56.6 Å². The van der Waals surface area contributed by atoms with E-state index in [0.29, 0.717) is 28.7 Å². The number of hydrogen-bond acceptors (Lipinski definition) is 6. The van der Waals surface area contributed by atoms with Crippen LogP contribution in [0.4, 0.5) is 0 Å². The Morgan fingerprint density at radius 3 is 2.68 bits per heavy atom. The summed E-state index contributed by atoms with van der Waals surface area (Å²) in [5, 5.41) is 10.1. The first-order valence-corrected chi connectivity index (χ1v) is 7.81. The van der Waals surface area contributed by atoms with Crippen molar-refractivity contribution in [1.82, 2.24) is 0 Å². The van der Waals surface area contributed by atoms with Gasteiger partial charge in [0.1, 0.15) is 17.1 Å². The Hall–Kier alpha value is -2.73. The van der Waals surface area contributed by atoms with Gasteiger partial charge in [0.25, 0.3) is 0 Å². The molecule has 25 heavy (non-hydrogen) atoms. The molecule has 1 heterocycles. The van der Waals surface area contributed by atoms with Gasteiger partial charge in [-0.05, 0) is 37.6 Å². The molecule has 1 aromatic carbocycles. The summed E-state index contributed by atoms with van der Waals surface area (Å²) >= 11 is 6.14. The number of carbonyl (C=O) groups is 1. The minimum Gasteiger partial charge on any atom is -0.507 e. The normalized spacial score (nSPS) is 10.9. The van der Waals surface area contributed by atoms with E-state index in [2.05, 4.69) is 0 Å². The largest absolute Gasteiger partial charge is 0.507 e. The lowest BCUT2D eigenvalue weighted by Gasteiger charge is -2.11. The summed E-state index contributed by atoms with van der Waals surface area (Å²) in [6.07, 6.45) is 2.60. The van der Waals surface area contributed by atoms with Gasteiger partial charge >= 0.3 is 5.63 Å². The third kappa shape index (κ3) is 4.22. The van der Waals surface area contributed by atoms with Crippen LogP contribution in [-0.2, 0) is 0 Å². The van der Waals surface area contributed by atoms with Gasteiger partial charge in [0, 0.05) is 6.07 Å². The molecule has 0 radical (unpaired) electrons. The topological polar surface area (TPSA) is 86.0 Å². The molecule has 0 spiro atoms. The van der Waals surface area contributed by atoms with Crippen molar-refractivity contribution in [2.75, 3.05) is 13.7 Å². The lowest BCUT2D eigenvalue weighted by molar-refractivity contribution is 0.104. The Balaban J connectivity index is 2.36. The minimum absolute atomic E-state index is 0.214. The van der Waals surface area contributed by atoms with E-state index in [1.807, 2.05) is 6.92 Å². The molecule has 0 amide bonds. The summed E-state index contributed by atoms with van der Waals surface area (Å²) in [7, 11) is 1.47. The van der Waals surface area contributed by atoms with Gasteiger partial charge in [-0.1, -0.05) is 17.7 Å². The van der Waals surface area contributed by atoms with Crippen LogP contribution in [0.2, 0.25) is 5.02 Å². The van der Waals surface area contributed by atoms with Gasteiger partial charge in [-0.3, -0.25) is 4.79 Å². The molecule has 0 saturated heterocycles. The molecular formula is C18H17ClO6. The maximum absolute atomic E-state index is 12.2. The fourth-order valence-electron chi connectivity index (χ4n) is 2.22. The van der Waals surface area contributed by atoms with Crippen LogP contribution in [0.15, 0.2) is 33.5 Å². The number of carbonyl (C=O) groups excluding carboxylic acids is 1. The number of aromatic hydroxyl groups is 1. The molecule has 1 N–H and O–H groups in total. The maximum atomic E-state index is 12.2. The highest BCUT2D eigenvalue weighted by Crippen LogP contribution is 2.36. The van der Waals surface area contributed by atoms with Crippen molar-refractivity contribution in [3.63, 3.8) is 0 Å². The third-order valence-corrected chi connectivity index (χ3v) is 3.54. The van der Waals surface area contributed by atoms with Gasteiger partial charge in [0.2, 0.25) is 0 Å². The van der Waals surface area contributed by atoms with Gasteiger partial charge < -0.3 is 19.0 Å². The molecule has 0 bridgehead atoms. The van der Waals surface area contributed by atoms with Crippen LogP contribution in [0.5, 0.6) is 17.2 Å². The molecule has 0 unspecified atom stereocenters. The number of allylic oxidation sites excluding steroid dienone is 1. The highest BCUT2D eigenvalue weighted by Gasteiger charge is 2.16. The van der Waals surface area contributed by atoms with E-state index in [4.69, 9.17) is 25.5 Å². The van der Waals surface area contributed by atoms with Crippen molar-refractivity contribution in [2.45, 2.75) is 13.8 Å². The molecule has 132 valence electrons. The summed E-state index contributed by atoms with van der Waals surface area (Å²) in [5.74, 6) is -0.0697. The number of hydrogen-bond donors (Lipinski definition) is 1. The molecular weight excluding hydrogens is 348 g/mol. The predicted octanol–water partition coefficient (Wildman–Crippen LogP) is 3.61. The van der Waals surface area contributed by atoms with E-state index in [1.54, 1.807) is 12.1 Å². The second kappa shape index (κ2) is 7.90. The number of ketones is 1. The zero-order valence-electron chi connectivity index (χ0n) is 14.0. The van der Waals surface area contributed by atoms with Crippen molar-refractivity contribution < 1.29 is 23.8 Å². The molecule has 0 saturated carbocycles. The standard InChI is InChI=1S/C18H17ClO6/c1-4-24-15-9-11(8-12(19)17(15)23-3)5-6-13(20)16-14(21)7-10(2)25-18(16)22/h5-9,21H,4H2,1-3H3/b6-5+. The monoisotopic (exact) mass is 364 g/mol. The number of halogens is 1. The molecule has 2 aromatic rings. The van der Waals surface area contributed by atoms with Crippen LogP contribution >= 0.6 is 11.6 Å². The average molecular weight is 365 g/mol. The van der Waals surface area contributed by atoms with Gasteiger partial charge in [-0.2, -0.15) is 0 Å². The van der Waals surface area contributed by atoms with E-state index in [0.717, 1.165) is 6.08 Å². The molecule has 1 aromatic heterocycles. The SMILES string of the molecule is CCOc1cc(/C=C/C(=O)c2c(O)cc(C)oc2=O)cc(Cl)c1OC. The molecule has 7 heteroatoms. The van der Waals surface area contributed by atoms with Crippen LogP contribution in [0.1, 0.15) is 28.6 Å². The molecule has 0 atom stereocenters. The Bertz CT molecular complexity index is 882. The zero-order chi connectivity index (χ0) is 18.6. The minimum atomic E-state index is -0.894. The third-order valence-electron chi connectivity index (χ3n) is 3.26. The van der Waals surface area contributed by atoms with Crippen LogP contribution in [0, 0.1) is 6.92 Å². The second-order valence-corrected chi connectivity index (χ2v) is 5.48. The maximum Gasteiger partial charge on any atom is 0.351 e. The Kier molecular flexibility index (Phi) is 5.88. The second-order valence-electron chi connectivity index (χ2n) is 5.07. The van der Waals surface area contributed by atoms with E-state index >= 15 is 0 Å². The van der Waals surface area contributed by atoms with Gasteiger partial charge in [0.15, 0.2) is 17.3 Å². The lowest BCUT2D eigenvalue weighted by atomic mass is 10.1. The molecule has 0 fully saturated rings. The van der Waals surface area contributed by atoms with Gasteiger partial charge in [0.05, 0.1) is 18.7 Å². The summed E-state index contributed by atoms with van der Waals surface area (Å²) in [6, 6.07) is 4.44. The number of aryl methyl sites for hydroxylation is 1. The molecule has 6 nitrogen and oxygen atoms in total. The van der Waals surface area contributed by atoms with Crippen LogP contribution in [0.3, 0.4) is 0 Å². The quantitative estimate of drug-likeness (QED) is 0.622. The first-order chi connectivity index (χ1) is 11.9. The van der Waals surface area contributed by atoms with Crippen LogP contribution in [-0.4, -0.2) is 24.6 Å². The fourth-order valence-corrected chi connectivity index (χ4v) is 2.52. The van der Waals surface area contributed by atoms with E-state index in [1.165, 1.54) is 26.2 Å². The first-order valence-electron chi connectivity index (χ1n) is 7.43.